The zero-order valence-electron chi connectivity index (χ0n) is 14.4. The SMILES string of the molecule is O=C(Cc1noc2ccccc12)N1CCC(Cn2cnccc2=O)CC1. The smallest absolute Gasteiger partial charge is 0.253 e. The molecule has 0 aliphatic carbocycles. The number of hydrogen-bond acceptors (Lipinski definition) is 5. The molecule has 3 aromatic rings. The van der Waals surface area contributed by atoms with Crippen LogP contribution in [0.1, 0.15) is 18.5 Å². The van der Waals surface area contributed by atoms with Crippen LogP contribution < -0.4 is 5.56 Å². The van der Waals surface area contributed by atoms with Gasteiger partial charge in [0.05, 0.1) is 12.7 Å². The van der Waals surface area contributed by atoms with Gasteiger partial charge in [-0.3, -0.25) is 14.2 Å². The van der Waals surface area contributed by atoms with Crippen molar-refractivity contribution in [2.45, 2.75) is 25.8 Å². The van der Waals surface area contributed by atoms with Gasteiger partial charge in [-0.25, -0.2) is 4.98 Å². The molecule has 26 heavy (non-hydrogen) atoms. The van der Waals surface area contributed by atoms with Gasteiger partial charge in [0, 0.05) is 37.3 Å². The lowest BCUT2D eigenvalue weighted by Gasteiger charge is -2.32. The molecule has 1 fully saturated rings. The zero-order valence-corrected chi connectivity index (χ0v) is 14.4. The van der Waals surface area contributed by atoms with E-state index >= 15 is 0 Å². The van der Waals surface area contributed by atoms with Crippen LogP contribution in [0.2, 0.25) is 0 Å². The van der Waals surface area contributed by atoms with Crippen LogP contribution in [0.25, 0.3) is 11.0 Å². The fourth-order valence-corrected chi connectivity index (χ4v) is 3.48. The number of likely N-dealkylation sites (tertiary alicyclic amines) is 1. The van der Waals surface area contributed by atoms with Crippen molar-refractivity contribution in [3.05, 3.63) is 58.9 Å². The average molecular weight is 352 g/mol. The van der Waals surface area contributed by atoms with E-state index < -0.39 is 0 Å². The number of carbonyl (C=O) groups excluding carboxylic acids is 1. The number of amides is 1. The van der Waals surface area contributed by atoms with Crippen molar-refractivity contribution in [3.8, 4) is 0 Å². The highest BCUT2D eigenvalue weighted by molar-refractivity contribution is 5.86. The Morgan fingerprint density at radius 1 is 1.19 bits per heavy atom. The molecule has 0 atom stereocenters. The Morgan fingerprint density at radius 3 is 2.81 bits per heavy atom. The van der Waals surface area contributed by atoms with Gasteiger partial charge >= 0.3 is 0 Å². The molecule has 1 saturated heterocycles. The second-order valence-corrected chi connectivity index (χ2v) is 6.70. The summed E-state index contributed by atoms with van der Waals surface area (Å²) in [6.45, 7) is 2.06. The van der Waals surface area contributed by atoms with Gasteiger partial charge in [0.1, 0.15) is 5.69 Å². The summed E-state index contributed by atoms with van der Waals surface area (Å²) in [6.07, 6.45) is 5.10. The summed E-state index contributed by atoms with van der Waals surface area (Å²) in [6, 6.07) is 9.05. The number of hydrogen-bond donors (Lipinski definition) is 0. The Kier molecular flexibility index (Phi) is 4.51. The number of fused-ring (bicyclic) bond motifs is 1. The van der Waals surface area contributed by atoms with Crippen LogP contribution in [0.15, 0.2) is 52.2 Å². The molecule has 0 spiro atoms. The molecule has 0 N–H and O–H groups in total. The van der Waals surface area contributed by atoms with Crippen LogP contribution >= 0.6 is 0 Å². The number of nitrogens with zero attached hydrogens (tertiary/aromatic N) is 4. The van der Waals surface area contributed by atoms with E-state index in [2.05, 4.69) is 10.1 Å². The second kappa shape index (κ2) is 7.11. The number of para-hydroxylation sites is 1. The molecular weight excluding hydrogens is 332 g/mol. The van der Waals surface area contributed by atoms with Crippen LogP contribution in [-0.4, -0.2) is 38.6 Å². The highest BCUT2D eigenvalue weighted by atomic mass is 16.5. The molecule has 1 aliphatic heterocycles. The molecule has 4 rings (SSSR count). The number of benzene rings is 1. The third kappa shape index (κ3) is 3.37. The minimum Gasteiger partial charge on any atom is -0.356 e. The Hall–Kier alpha value is -2.96. The number of aromatic nitrogens is 3. The second-order valence-electron chi connectivity index (χ2n) is 6.70. The van der Waals surface area contributed by atoms with E-state index in [1.54, 1.807) is 10.9 Å². The number of carbonyl (C=O) groups is 1. The van der Waals surface area contributed by atoms with E-state index in [1.165, 1.54) is 12.3 Å². The predicted octanol–water partition coefficient (Wildman–Crippen LogP) is 1.87. The van der Waals surface area contributed by atoms with Crippen molar-refractivity contribution in [1.82, 2.24) is 19.6 Å². The third-order valence-corrected chi connectivity index (χ3v) is 4.99. The topological polar surface area (TPSA) is 81.2 Å². The van der Waals surface area contributed by atoms with E-state index in [1.807, 2.05) is 29.2 Å². The van der Waals surface area contributed by atoms with Crippen LogP contribution in [0.4, 0.5) is 0 Å². The third-order valence-electron chi connectivity index (χ3n) is 4.99. The van der Waals surface area contributed by atoms with Crippen molar-refractivity contribution < 1.29 is 9.32 Å². The molecule has 1 aromatic carbocycles. The highest BCUT2D eigenvalue weighted by Crippen LogP contribution is 2.22. The van der Waals surface area contributed by atoms with Crippen molar-refractivity contribution in [1.29, 1.82) is 0 Å². The molecule has 1 aliphatic rings. The van der Waals surface area contributed by atoms with E-state index in [0.717, 1.165) is 18.2 Å². The first-order valence-electron chi connectivity index (χ1n) is 8.82. The quantitative estimate of drug-likeness (QED) is 0.716. The summed E-state index contributed by atoms with van der Waals surface area (Å²) >= 11 is 0. The van der Waals surface area contributed by atoms with E-state index in [0.29, 0.717) is 36.8 Å². The molecule has 7 nitrogen and oxygen atoms in total. The molecule has 1 amide bonds. The van der Waals surface area contributed by atoms with Crippen LogP contribution in [0.5, 0.6) is 0 Å². The molecular formula is C19H20N4O3. The molecule has 134 valence electrons. The molecule has 7 heteroatoms. The lowest BCUT2D eigenvalue weighted by molar-refractivity contribution is -0.132. The van der Waals surface area contributed by atoms with Crippen LogP contribution in [0, 0.1) is 5.92 Å². The van der Waals surface area contributed by atoms with Crippen molar-refractivity contribution in [3.63, 3.8) is 0 Å². The average Bonchev–Trinajstić information content (AvgIpc) is 3.07. The molecule has 0 bridgehead atoms. The van der Waals surface area contributed by atoms with Gasteiger partial charge in [0.25, 0.3) is 5.56 Å². The Morgan fingerprint density at radius 2 is 2.00 bits per heavy atom. The zero-order chi connectivity index (χ0) is 17.9. The van der Waals surface area contributed by atoms with Crippen molar-refractivity contribution in [2.75, 3.05) is 13.1 Å². The highest BCUT2D eigenvalue weighted by Gasteiger charge is 2.24. The summed E-state index contributed by atoms with van der Waals surface area (Å²) in [5.41, 5.74) is 1.36. The van der Waals surface area contributed by atoms with Gasteiger partial charge in [-0.1, -0.05) is 17.3 Å². The van der Waals surface area contributed by atoms with Gasteiger partial charge in [-0.05, 0) is 30.9 Å². The molecule has 0 radical (unpaired) electrons. The van der Waals surface area contributed by atoms with Gasteiger partial charge in [-0.15, -0.1) is 0 Å². The molecule has 2 aromatic heterocycles. The van der Waals surface area contributed by atoms with Crippen LogP contribution in [-0.2, 0) is 17.8 Å². The van der Waals surface area contributed by atoms with Gasteiger partial charge < -0.3 is 9.42 Å². The lowest BCUT2D eigenvalue weighted by Crippen LogP contribution is -2.40. The van der Waals surface area contributed by atoms with Gasteiger partial charge in [0.2, 0.25) is 5.91 Å². The van der Waals surface area contributed by atoms with E-state index in [4.69, 9.17) is 4.52 Å². The molecule has 3 heterocycles. The maximum absolute atomic E-state index is 12.6. The maximum atomic E-state index is 12.6. The molecule has 0 saturated carbocycles. The lowest BCUT2D eigenvalue weighted by atomic mass is 9.96. The summed E-state index contributed by atoms with van der Waals surface area (Å²) in [4.78, 5) is 30.3. The first-order valence-corrected chi connectivity index (χ1v) is 8.82. The molecule has 0 unspecified atom stereocenters. The summed E-state index contributed by atoms with van der Waals surface area (Å²) < 4.78 is 6.92. The first kappa shape index (κ1) is 16.5. The van der Waals surface area contributed by atoms with Gasteiger partial charge in [-0.2, -0.15) is 0 Å². The minimum atomic E-state index is -0.0311. The first-order chi connectivity index (χ1) is 12.7. The Bertz CT molecular complexity index is 970. The van der Waals surface area contributed by atoms with Gasteiger partial charge in [0.15, 0.2) is 5.58 Å². The monoisotopic (exact) mass is 352 g/mol. The normalized spacial score (nSPS) is 15.5. The standard InChI is InChI=1S/C19H20N4O3/c24-18-5-8-20-13-23(18)12-14-6-9-22(10-7-14)19(25)11-16-15-3-1-2-4-17(15)26-21-16/h1-5,8,13-14H,6-7,9-12H2. The van der Waals surface area contributed by atoms with Crippen molar-refractivity contribution in [2.24, 2.45) is 5.92 Å². The fraction of sp³-hybridized carbons (Fsp3) is 0.368. The maximum Gasteiger partial charge on any atom is 0.253 e. The van der Waals surface area contributed by atoms with E-state index in [-0.39, 0.29) is 17.9 Å². The minimum absolute atomic E-state index is 0.0311. The largest absolute Gasteiger partial charge is 0.356 e. The van der Waals surface area contributed by atoms with Crippen LogP contribution in [0.3, 0.4) is 0 Å². The Labute approximate surface area is 150 Å². The fourth-order valence-electron chi connectivity index (χ4n) is 3.48. The summed E-state index contributed by atoms with van der Waals surface area (Å²) in [7, 11) is 0. The van der Waals surface area contributed by atoms with Crippen molar-refractivity contribution >= 4 is 16.9 Å². The summed E-state index contributed by atoms with van der Waals surface area (Å²) in [5, 5.41) is 4.94. The predicted molar refractivity (Wildman–Crippen MR) is 95.5 cm³/mol. The number of piperidine rings is 1. The van der Waals surface area contributed by atoms with E-state index in [9.17, 15) is 9.59 Å². The Balaban J connectivity index is 1.35. The number of rotatable bonds is 4. The summed E-state index contributed by atoms with van der Waals surface area (Å²) in [5.74, 6) is 0.454.